The van der Waals surface area contributed by atoms with Crippen LogP contribution < -0.4 is 14.8 Å². The first-order valence-corrected chi connectivity index (χ1v) is 10.5. The fourth-order valence-corrected chi connectivity index (χ4v) is 4.10. The van der Waals surface area contributed by atoms with Crippen LogP contribution in [0.4, 0.5) is 0 Å². The van der Waals surface area contributed by atoms with Gasteiger partial charge in [0.15, 0.2) is 0 Å². The van der Waals surface area contributed by atoms with E-state index in [0.717, 1.165) is 11.1 Å². The Hall–Kier alpha value is -3.28. The molecule has 0 aromatic heterocycles. The SMILES string of the molecule is C/C=C/C(=O)N1CCC(C(=O)NCc2ccc(OC)cc2OC)(c2ccccc2)CC1. The third-order valence-corrected chi connectivity index (χ3v) is 5.93. The molecule has 164 valence electrons. The van der Waals surface area contributed by atoms with Gasteiger partial charge in [0, 0.05) is 31.3 Å². The fraction of sp³-hybridized carbons (Fsp3) is 0.360. The molecule has 0 atom stereocenters. The quantitative estimate of drug-likeness (QED) is 0.694. The first-order valence-electron chi connectivity index (χ1n) is 10.5. The topological polar surface area (TPSA) is 67.9 Å². The van der Waals surface area contributed by atoms with Crippen molar-refractivity contribution in [2.75, 3.05) is 27.3 Å². The zero-order chi connectivity index (χ0) is 22.3. The molecular weight excluding hydrogens is 392 g/mol. The number of nitrogens with zero attached hydrogens (tertiary/aromatic N) is 1. The van der Waals surface area contributed by atoms with Crippen molar-refractivity contribution < 1.29 is 19.1 Å². The number of benzene rings is 2. The Bertz CT molecular complexity index is 932. The van der Waals surface area contributed by atoms with Crippen molar-refractivity contribution in [3.05, 3.63) is 71.8 Å². The number of amides is 2. The normalized spacial score (nSPS) is 15.5. The molecule has 6 heteroatoms. The molecule has 0 radical (unpaired) electrons. The molecule has 1 N–H and O–H groups in total. The van der Waals surface area contributed by atoms with Gasteiger partial charge < -0.3 is 19.7 Å². The first-order chi connectivity index (χ1) is 15.0. The summed E-state index contributed by atoms with van der Waals surface area (Å²) >= 11 is 0. The minimum Gasteiger partial charge on any atom is -0.497 e. The maximum atomic E-state index is 13.5. The molecule has 6 nitrogen and oxygen atoms in total. The zero-order valence-corrected chi connectivity index (χ0v) is 18.4. The number of nitrogens with one attached hydrogen (secondary N) is 1. The predicted molar refractivity (Wildman–Crippen MR) is 120 cm³/mol. The van der Waals surface area contributed by atoms with E-state index >= 15 is 0 Å². The van der Waals surface area contributed by atoms with Crippen molar-refractivity contribution in [2.24, 2.45) is 0 Å². The van der Waals surface area contributed by atoms with E-state index in [0.29, 0.717) is 44.0 Å². The van der Waals surface area contributed by atoms with Crippen molar-refractivity contribution in [1.29, 1.82) is 0 Å². The van der Waals surface area contributed by atoms with Gasteiger partial charge in [0.1, 0.15) is 11.5 Å². The maximum Gasteiger partial charge on any atom is 0.246 e. The van der Waals surface area contributed by atoms with Crippen LogP contribution in [0.5, 0.6) is 11.5 Å². The molecule has 0 bridgehead atoms. The number of allylic oxidation sites excluding steroid dienone is 1. The van der Waals surface area contributed by atoms with E-state index in [9.17, 15) is 9.59 Å². The number of piperidine rings is 1. The summed E-state index contributed by atoms with van der Waals surface area (Å²) in [7, 11) is 3.20. The second kappa shape index (κ2) is 10.2. The standard InChI is InChI=1S/C25H30N2O4/c1-4-8-23(28)27-15-13-25(14-16-27,20-9-6-5-7-10-20)24(29)26-18-19-11-12-21(30-2)17-22(19)31-3/h4-12,17H,13-16,18H2,1-3H3,(H,26,29)/b8-4+. The van der Waals surface area contributed by atoms with Gasteiger partial charge in [-0.25, -0.2) is 0 Å². The molecule has 31 heavy (non-hydrogen) atoms. The number of hydrogen-bond donors (Lipinski definition) is 1. The Balaban J connectivity index is 1.80. The molecule has 2 aromatic rings. The lowest BCUT2D eigenvalue weighted by atomic mass is 9.72. The molecule has 0 aliphatic carbocycles. The average Bonchev–Trinajstić information content (AvgIpc) is 2.83. The monoisotopic (exact) mass is 422 g/mol. The van der Waals surface area contributed by atoms with Crippen LogP contribution >= 0.6 is 0 Å². The number of rotatable bonds is 7. The maximum absolute atomic E-state index is 13.5. The van der Waals surface area contributed by atoms with Crippen molar-refractivity contribution in [3.63, 3.8) is 0 Å². The minimum absolute atomic E-state index is 0.00691. The molecule has 2 aromatic carbocycles. The van der Waals surface area contributed by atoms with Crippen molar-refractivity contribution in [3.8, 4) is 11.5 Å². The smallest absolute Gasteiger partial charge is 0.246 e. The average molecular weight is 423 g/mol. The van der Waals surface area contributed by atoms with E-state index in [1.54, 1.807) is 37.3 Å². The Morgan fingerprint density at radius 3 is 2.39 bits per heavy atom. The second-order valence-corrected chi connectivity index (χ2v) is 7.63. The second-order valence-electron chi connectivity index (χ2n) is 7.63. The van der Waals surface area contributed by atoms with Crippen LogP contribution in [-0.2, 0) is 21.5 Å². The van der Waals surface area contributed by atoms with E-state index in [2.05, 4.69) is 5.32 Å². The van der Waals surface area contributed by atoms with Crippen LogP contribution in [-0.4, -0.2) is 44.0 Å². The van der Waals surface area contributed by atoms with E-state index in [-0.39, 0.29) is 11.8 Å². The summed E-state index contributed by atoms with van der Waals surface area (Å²) < 4.78 is 10.7. The summed E-state index contributed by atoms with van der Waals surface area (Å²) in [5.41, 5.74) is 1.18. The van der Waals surface area contributed by atoms with Crippen LogP contribution in [0.2, 0.25) is 0 Å². The fourth-order valence-electron chi connectivity index (χ4n) is 4.10. The molecule has 1 aliphatic heterocycles. The number of ether oxygens (including phenoxy) is 2. The highest BCUT2D eigenvalue weighted by Gasteiger charge is 2.43. The van der Waals surface area contributed by atoms with Crippen LogP contribution in [0.1, 0.15) is 30.9 Å². The lowest BCUT2D eigenvalue weighted by Gasteiger charge is -2.41. The summed E-state index contributed by atoms with van der Waals surface area (Å²) in [6.07, 6.45) is 4.47. The predicted octanol–water partition coefficient (Wildman–Crippen LogP) is 3.46. The first kappa shape index (κ1) is 22.4. The lowest BCUT2D eigenvalue weighted by Crippen LogP contribution is -2.52. The summed E-state index contributed by atoms with van der Waals surface area (Å²) in [5.74, 6) is 1.33. The van der Waals surface area contributed by atoms with Crippen LogP contribution in [0.15, 0.2) is 60.7 Å². The largest absolute Gasteiger partial charge is 0.497 e. The molecule has 1 heterocycles. The molecule has 1 aliphatic rings. The number of carbonyl (C=O) groups excluding carboxylic acids is 2. The number of likely N-dealkylation sites (tertiary alicyclic amines) is 1. The molecule has 0 spiro atoms. The minimum atomic E-state index is -0.673. The van der Waals surface area contributed by atoms with Crippen LogP contribution in [0.25, 0.3) is 0 Å². The number of carbonyl (C=O) groups is 2. The number of hydrogen-bond acceptors (Lipinski definition) is 4. The van der Waals surface area contributed by atoms with E-state index in [1.165, 1.54) is 0 Å². The Morgan fingerprint density at radius 2 is 1.77 bits per heavy atom. The highest BCUT2D eigenvalue weighted by atomic mass is 16.5. The van der Waals surface area contributed by atoms with Crippen LogP contribution in [0, 0.1) is 0 Å². The molecular formula is C25H30N2O4. The van der Waals surface area contributed by atoms with Gasteiger partial charge in [-0.05, 0) is 43.5 Å². The van der Waals surface area contributed by atoms with Gasteiger partial charge in [0.05, 0.1) is 19.6 Å². The van der Waals surface area contributed by atoms with Crippen molar-refractivity contribution >= 4 is 11.8 Å². The van der Waals surface area contributed by atoms with Crippen LogP contribution in [0.3, 0.4) is 0 Å². The molecule has 2 amide bonds. The van der Waals surface area contributed by atoms with Gasteiger partial charge in [-0.15, -0.1) is 0 Å². The third-order valence-electron chi connectivity index (χ3n) is 5.93. The summed E-state index contributed by atoms with van der Waals surface area (Å²) in [6, 6.07) is 15.4. The summed E-state index contributed by atoms with van der Waals surface area (Å²) in [5, 5.41) is 3.11. The van der Waals surface area contributed by atoms with Crippen molar-refractivity contribution in [1.82, 2.24) is 10.2 Å². The summed E-state index contributed by atoms with van der Waals surface area (Å²) in [4.78, 5) is 27.6. The Morgan fingerprint density at radius 1 is 1.06 bits per heavy atom. The molecule has 1 saturated heterocycles. The van der Waals surface area contributed by atoms with Gasteiger partial charge in [-0.1, -0.05) is 36.4 Å². The lowest BCUT2D eigenvalue weighted by molar-refractivity contribution is -0.134. The Labute approximate surface area is 183 Å². The molecule has 0 saturated carbocycles. The Kier molecular flexibility index (Phi) is 7.34. The molecule has 3 rings (SSSR count). The molecule has 0 unspecified atom stereocenters. The van der Waals surface area contributed by atoms with E-state index in [1.807, 2.05) is 49.4 Å². The van der Waals surface area contributed by atoms with Gasteiger partial charge in [-0.3, -0.25) is 9.59 Å². The van der Waals surface area contributed by atoms with Gasteiger partial charge in [-0.2, -0.15) is 0 Å². The van der Waals surface area contributed by atoms with Gasteiger partial charge in [0.25, 0.3) is 0 Å². The van der Waals surface area contributed by atoms with Gasteiger partial charge in [0.2, 0.25) is 11.8 Å². The van der Waals surface area contributed by atoms with Crippen molar-refractivity contribution in [2.45, 2.75) is 31.7 Å². The van der Waals surface area contributed by atoms with E-state index < -0.39 is 5.41 Å². The van der Waals surface area contributed by atoms with E-state index in [4.69, 9.17) is 9.47 Å². The number of methoxy groups -OCH3 is 2. The molecule has 1 fully saturated rings. The highest BCUT2D eigenvalue weighted by Crippen LogP contribution is 2.36. The third kappa shape index (κ3) is 4.90. The summed E-state index contributed by atoms with van der Waals surface area (Å²) in [6.45, 7) is 3.26. The zero-order valence-electron chi connectivity index (χ0n) is 18.4. The highest BCUT2D eigenvalue weighted by molar-refractivity contribution is 5.90. The van der Waals surface area contributed by atoms with Gasteiger partial charge >= 0.3 is 0 Å².